The summed E-state index contributed by atoms with van der Waals surface area (Å²) in [6, 6.07) is 13.8. The number of methoxy groups -OCH3 is 1. The van der Waals surface area contributed by atoms with Gasteiger partial charge in [-0.2, -0.15) is 0 Å². The van der Waals surface area contributed by atoms with Gasteiger partial charge in [-0.15, -0.1) is 0 Å². The summed E-state index contributed by atoms with van der Waals surface area (Å²) < 4.78 is 10.7. The fourth-order valence-electron chi connectivity index (χ4n) is 4.25. The number of esters is 1. The zero-order valence-electron chi connectivity index (χ0n) is 19.0. The second-order valence-electron chi connectivity index (χ2n) is 7.81. The number of ether oxygens (including phenoxy) is 2. The van der Waals surface area contributed by atoms with Crippen LogP contribution in [0.3, 0.4) is 0 Å². The Bertz CT molecular complexity index is 1110. The van der Waals surface area contributed by atoms with E-state index in [0.717, 1.165) is 12.1 Å². The van der Waals surface area contributed by atoms with Gasteiger partial charge in [0.15, 0.2) is 0 Å². The monoisotopic (exact) mass is 449 g/mol. The number of cyclic esters (lactones) is 1. The van der Waals surface area contributed by atoms with E-state index in [-0.39, 0.29) is 19.1 Å². The van der Waals surface area contributed by atoms with Crippen molar-refractivity contribution in [1.82, 2.24) is 10.2 Å². The summed E-state index contributed by atoms with van der Waals surface area (Å²) in [5.74, 6) is -0.216. The highest BCUT2D eigenvalue weighted by Gasteiger charge is 2.43. The van der Waals surface area contributed by atoms with E-state index in [1.54, 1.807) is 17.0 Å². The number of carbonyl (C=O) groups is 3. The number of carbonyl (C=O) groups excluding carboxylic acids is 3. The zero-order valence-corrected chi connectivity index (χ0v) is 19.0. The number of benzene rings is 2. The molecular formula is C25H27N3O5. The molecule has 0 aliphatic carbocycles. The quantitative estimate of drug-likeness (QED) is 0.656. The van der Waals surface area contributed by atoms with Crippen molar-refractivity contribution >= 4 is 23.6 Å². The molecule has 0 saturated heterocycles. The Balaban J connectivity index is 1.63. The molecule has 1 atom stereocenters. The van der Waals surface area contributed by atoms with Gasteiger partial charge in [-0.25, -0.2) is 9.59 Å². The van der Waals surface area contributed by atoms with Crippen LogP contribution in [0, 0.1) is 0 Å². The van der Waals surface area contributed by atoms with Crippen molar-refractivity contribution in [3.05, 3.63) is 70.9 Å². The average Bonchev–Trinajstić information content (AvgIpc) is 3.23. The fraction of sp³-hybridized carbons (Fsp3) is 0.320. The summed E-state index contributed by atoms with van der Waals surface area (Å²) in [5, 5.41) is 2.85. The van der Waals surface area contributed by atoms with Gasteiger partial charge in [0, 0.05) is 17.8 Å². The first-order chi connectivity index (χ1) is 16.0. The van der Waals surface area contributed by atoms with Crippen LogP contribution >= 0.6 is 0 Å². The number of para-hydroxylation sites is 1. The van der Waals surface area contributed by atoms with Gasteiger partial charge in [0.05, 0.1) is 24.4 Å². The lowest BCUT2D eigenvalue weighted by atomic mass is 9.95. The minimum atomic E-state index is -0.714. The second-order valence-corrected chi connectivity index (χ2v) is 7.81. The largest absolute Gasteiger partial charge is 0.496 e. The summed E-state index contributed by atoms with van der Waals surface area (Å²) in [6.45, 7) is 4.14. The maximum Gasteiger partial charge on any atom is 0.338 e. The standard InChI is InChI=1S/C25H27N3O5/c1-4-16-10-12-17(13-11-16)27(5-2)21(29)14-28-19-15-33-24(30)22(19)23(26-25(28)31)18-8-6-7-9-20(18)32-3/h6-13,23H,4-5,14-15H2,1-3H3,(H,26,31)/t23-/m0/s1. The molecule has 3 amide bonds. The lowest BCUT2D eigenvalue weighted by Gasteiger charge is -2.34. The minimum absolute atomic E-state index is 0.0577. The molecule has 33 heavy (non-hydrogen) atoms. The summed E-state index contributed by atoms with van der Waals surface area (Å²) in [5.41, 5.74) is 3.32. The highest BCUT2D eigenvalue weighted by atomic mass is 16.5. The number of nitrogens with one attached hydrogen (secondary N) is 1. The van der Waals surface area contributed by atoms with Crippen molar-refractivity contribution in [1.29, 1.82) is 0 Å². The van der Waals surface area contributed by atoms with E-state index in [9.17, 15) is 14.4 Å². The van der Waals surface area contributed by atoms with Crippen LogP contribution in [0.1, 0.15) is 31.0 Å². The third-order valence-corrected chi connectivity index (χ3v) is 6.02. The van der Waals surface area contributed by atoms with Crippen molar-refractivity contribution < 1.29 is 23.9 Å². The Hall–Kier alpha value is -3.81. The van der Waals surface area contributed by atoms with Gasteiger partial charge in [-0.05, 0) is 37.1 Å². The SMILES string of the molecule is CCc1ccc(N(CC)C(=O)CN2C(=O)N[C@@H](c3ccccc3OC)C3=C2COC3=O)cc1. The van der Waals surface area contributed by atoms with Crippen LogP contribution in [-0.4, -0.2) is 49.6 Å². The first kappa shape index (κ1) is 22.4. The molecule has 8 nitrogen and oxygen atoms in total. The Morgan fingerprint density at radius 2 is 1.88 bits per heavy atom. The van der Waals surface area contributed by atoms with Crippen LogP contribution in [-0.2, 0) is 20.7 Å². The molecule has 2 heterocycles. The highest BCUT2D eigenvalue weighted by molar-refractivity contribution is 6.01. The molecule has 172 valence electrons. The predicted molar refractivity (Wildman–Crippen MR) is 123 cm³/mol. The summed E-state index contributed by atoms with van der Waals surface area (Å²) in [4.78, 5) is 41.8. The van der Waals surface area contributed by atoms with E-state index in [1.165, 1.54) is 17.6 Å². The van der Waals surface area contributed by atoms with Gasteiger partial charge in [-0.3, -0.25) is 9.69 Å². The molecule has 2 aliphatic heterocycles. The number of nitrogens with zero attached hydrogens (tertiary/aromatic N) is 2. The van der Waals surface area contributed by atoms with Crippen molar-refractivity contribution in [2.24, 2.45) is 0 Å². The lowest BCUT2D eigenvalue weighted by molar-refractivity contribution is -0.136. The maximum absolute atomic E-state index is 13.2. The van der Waals surface area contributed by atoms with E-state index >= 15 is 0 Å². The van der Waals surface area contributed by atoms with E-state index < -0.39 is 18.0 Å². The van der Waals surface area contributed by atoms with Gasteiger partial charge in [-0.1, -0.05) is 37.3 Å². The van der Waals surface area contributed by atoms with E-state index in [0.29, 0.717) is 29.1 Å². The Kier molecular flexibility index (Phi) is 6.35. The maximum atomic E-state index is 13.2. The summed E-state index contributed by atoms with van der Waals surface area (Å²) >= 11 is 0. The molecule has 1 N–H and O–H groups in total. The molecule has 0 unspecified atom stereocenters. The first-order valence-electron chi connectivity index (χ1n) is 11.0. The predicted octanol–water partition coefficient (Wildman–Crippen LogP) is 3.19. The molecule has 2 aliphatic rings. The third kappa shape index (κ3) is 4.16. The van der Waals surface area contributed by atoms with E-state index in [2.05, 4.69) is 12.2 Å². The third-order valence-electron chi connectivity index (χ3n) is 6.02. The molecule has 2 aromatic carbocycles. The van der Waals surface area contributed by atoms with Crippen LogP contribution in [0.15, 0.2) is 59.8 Å². The highest BCUT2D eigenvalue weighted by Crippen LogP contribution is 2.38. The van der Waals surface area contributed by atoms with Crippen molar-refractivity contribution in [3.8, 4) is 5.75 Å². The second kappa shape index (κ2) is 9.36. The van der Waals surface area contributed by atoms with Crippen LogP contribution in [0.2, 0.25) is 0 Å². The average molecular weight is 450 g/mol. The molecule has 0 radical (unpaired) electrons. The topological polar surface area (TPSA) is 88.2 Å². The Labute approximate surface area is 192 Å². The molecular weight excluding hydrogens is 422 g/mol. The smallest absolute Gasteiger partial charge is 0.338 e. The summed E-state index contributed by atoms with van der Waals surface area (Å²) in [6.07, 6.45) is 0.909. The van der Waals surface area contributed by atoms with Gasteiger partial charge in [0.1, 0.15) is 18.9 Å². The fourth-order valence-corrected chi connectivity index (χ4v) is 4.25. The minimum Gasteiger partial charge on any atom is -0.496 e. The molecule has 0 spiro atoms. The number of amides is 3. The normalized spacial score (nSPS) is 17.4. The van der Waals surface area contributed by atoms with Crippen LogP contribution < -0.4 is 15.0 Å². The Morgan fingerprint density at radius 1 is 1.15 bits per heavy atom. The van der Waals surface area contributed by atoms with Gasteiger partial charge in [0.25, 0.3) is 0 Å². The van der Waals surface area contributed by atoms with Crippen molar-refractivity contribution in [2.75, 3.05) is 31.7 Å². The van der Waals surface area contributed by atoms with Gasteiger partial charge >= 0.3 is 12.0 Å². The molecule has 2 aromatic rings. The van der Waals surface area contributed by atoms with Crippen molar-refractivity contribution in [2.45, 2.75) is 26.3 Å². The Morgan fingerprint density at radius 3 is 2.55 bits per heavy atom. The number of hydrogen-bond donors (Lipinski definition) is 1. The summed E-state index contributed by atoms with van der Waals surface area (Å²) in [7, 11) is 1.53. The number of likely N-dealkylation sites (N-methyl/N-ethyl adjacent to an activating group) is 1. The van der Waals surface area contributed by atoms with E-state index in [1.807, 2.05) is 43.3 Å². The molecule has 4 rings (SSSR count). The van der Waals surface area contributed by atoms with Crippen LogP contribution in [0.25, 0.3) is 0 Å². The number of urea groups is 1. The van der Waals surface area contributed by atoms with Gasteiger partial charge in [0.2, 0.25) is 5.91 Å². The van der Waals surface area contributed by atoms with Crippen molar-refractivity contribution in [3.63, 3.8) is 0 Å². The zero-order chi connectivity index (χ0) is 23.5. The molecule has 0 aromatic heterocycles. The first-order valence-corrected chi connectivity index (χ1v) is 11.0. The number of anilines is 1. The number of hydrogen-bond acceptors (Lipinski definition) is 5. The molecule has 0 bridgehead atoms. The molecule has 0 fully saturated rings. The lowest BCUT2D eigenvalue weighted by Crippen LogP contribution is -2.51. The molecule has 0 saturated carbocycles. The van der Waals surface area contributed by atoms with E-state index in [4.69, 9.17) is 9.47 Å². The van der Waals surface area contributed by atoms with Gasteiger partial charge < -0.3 is 19.7 Å². The van der Waals surface area contributed by atoms with Crippen LogP contribution in [0.5, 0.6) is 5.75 Å². The molecule has 8 heteroatoms. The number of aryl methyl sites for hydroxylation is 1. The van der Waals surface area contributed by atoms with Crippen LogP contribution in [0.4, 0.5) is 10.5 Å². The number of rotatable bonds is 7.